The lowest BCUT2D eigenvalue weighted by atomic mass is 9.89. The van der Waals surface area contributed by atoms with Gasteiger partial charge in [0.15, 0.2) is 10.9 Å². The lowest BCUT2D eigenvalue weighted by Gasteiger charge is -2.21. The quantitative estimate of drug-likeness (QED) is 0.448. The smallest absolute Gasteiger partial charge is 0.283 e. The Morgan fingerprint density at radius 2 is 2.08 bits per heavy atom. The summed E-state index contributed by atoms with van der Waals surface area (Å²) < 4.78 is 13.1. The number of hydrogen-bond donors (Lipinski definition) is 0. The molecule has 0 bridgehead atoms. The molecule has 0 amide bonds. The zero-order valence-electron chi connectivity index (χ0n) is 14.5. The molecule has 0 unspecified atom stereocenters. The molecule has 136 valence electrons. The molecule has 4 rings (SSSR count). The number of hydrogen-bond acceptors (Lipinski definition) is 7. The van der Waals surface area contributed by atoms with Gasteiger partial charge in [0.25, 0.3) is 5.89 Å². The van der Waals surface area contributed by atoms with Crippen LogP contribution in [0.5, 0.6) is 0 Å². The molecule has 1 aliphatic rings. The van der Waals surface area contributed by atoms with Gasteiger partial charge in [-0.05, 0) is 25.0 Å². The van der Waals surface area contributed by atoms with Crippen molar-refractivity contribution in [1.29, 1.82) is 0 Å². The summed E-state index contributed by atoms with van der Waals surface area (Å²) in [6.45, 7) is 4.59. The molecule has 0 saturated heterocycles. The molecule has 3 heterocycles. The summed E-state index contributed by atoms with van der Waals surface area (Å²) in [7, 11) is 0. The van der Waals surface area contributed by atoms with Gasteiger partial charge in [-0.25, -0.2) is 0 Å². The minimum Gasteiger partial charge on any atom is -0.459 e. The van der Waals surface area contributed by atoms with E-state index in [1.807, 2.05) is 6.08 Å². The van der Waals surface area contributed by atoms with Crippen molar-refractivity contribution in [3.05, 3.63) is 42.8 Å². The van der Waals surface area contributed by atoms with Crippen LogP contribution in [0.3, 0.4) is 0 Å². The molecule has 0 radical (unpaired) electrons. The van der Waals surface area contributed by atoms with E-state index < -0.39 is 0 Å². The van der Waals surface area contributed by atoms with Crippen molar-refractivity contribution in [2.45, 2.75) is 55.5 Å². The van der Waals surface area contributed by atoms with Crippen molar-refractivity contribution >= 4 is 11.8 Å². The van der Waals surface area contributed by atoms with E-state index in [1.54, 1.807) is 30.2 Å². The number of allylic oxidation sites excluding steroid dienone is 1. The van der Waals surface area contributed by atoms with Crippen molar-refractivity contribution in [2.24, 2.45) is 0 Å². The summed E-state index contributed by atoms with van der Waals surface area (Å²) in [5.41, 5.74) is 0. The molecule has 1 fully saturated rings. The molecule has 0 aromatic carbocycles. The molecule has 3 aromatic heterocycles. The molecule has 7 nitrogen and oxygen atoms in total. The van der Waals surface area contributed by atoms with Crippen molar-refractivity contribution in [2.75, 3.05) is 0 Å². The minimum absolute atomic E-state index is 0.390. The van der Waals surface area contributed by atoms with Crippen molar-refractivity contribution < 1.29 is 8.83 Å². The molecule has 26 heavy (non-hydrogen) atoms. The van der Waals surface area contributed by atoms with Gasteiger partial charge in [0.2, 0.25) is 5.89 Å². The maximum Gasteiger partial charge on any atom is 0.283 e. The van der Waals surface area contributed by atoms with Crippen molar-refractivity contribution in [3.8, 4) is 11.7 Å². The maximum atomic E-state index is 5.66. The Labute approximate surface area is 155 Å². The van der Waals surface area contributed by atoms with Gasteiger partial charge in [-0.3, -0.25) is 0 Å². The highest BCUT2D eigenvalue weighted by atomic mass is 32.2. The van der Waals surface area contributed by atoms with Crippen LogP contribution in [0.15, 0.2) is 45.0 Å². The Morgan fingerprint density at radius 3 is 2.85 bits per heavy atom. The standard InChI is InChI=1S/C18H21N5O2S/c1-2-10-23-16(13-7-4-3-5-8-13)20-22-18(23)26-12-15-19-21-17(25-15)14-9-6-11-24-14/h2,6,9,11,13H,1,3-5,7-8,10,12H2. The topological polar surface area (TPSA) is 82.8 Å². The summed E-state index contributed by atoms with van der Waals surface area (Å²) in [6, 6.07) is 3.58. The summed E-state index contributed by atoms with van der Waals surface area (Å²) >= 11 is 1.55. The number of aromatic nitrogens is 5. The van der Waals surface area contributed by atoms with Crippen LogP contribution in [0.2, 0.25) is 0 Å². The van der Waals surface area contributed by atoms with E-state index in [1.165, 1.54) is 32.1 Å². The van der Waals surface area contributed by atoms with Gasteiger partial charge >= 0.3 is 0 Å². The Kier molecular flexibility index (Phi) is 5.19. The van der Waals surface area contributed by atoms with E-state index in [4.69, 9.17) is 8.83 Å². The summed E-state index contributed by atoms with van der Waals surface area (Å²) in [6.07, 6.45) is 9.71. The van der Waals surface area contributed by atoms with Gasteiger partial charge in [0.1, 0.15) is 5.82 Å². The number of nitrogens with zero attached hydrogens (tertiary/aromatic N) is 5. The Balaban J connectivity index is 1.47. The number of rotatable bonds is 7. The van der Waals surface area contributed by atoms with Gasteiger partial charge in [0.05, 0.1) is 12.0 Å². The van der Waals surface area contributed by atoms with Crippen LogP contribution in [0.25, 0.3) is 11.7 Å². The van der Waals surface area contributed by atoms with E-state index in [0.29, 0.717) is 35.8 Å². The van der Waals surface area contributed by atoms with Gasteiger partial charge in [-0.2, -0.15) is 0 Å². The number of thioether (sulfide) groups is 1. The van der Waals surface area contributed by atoms with Crippen LogP contribution < -0.4 is 0 Å². The first kappa shape index (κ1) is 17.1. The highest BCUT2D eigenvalue weighted by Crippen LogP contribution is 2.33. The predicted octanol–water partition coefficient (Wildman–Crippen LogP) is 4.45. The molecule has 0 atom stereocenters. The molecule has 1 saturated carbocycles. The lowest BCUT2D eigenvalue weighted by molar-refractivity contribution is 0.415. The zero-order chi connectivity index (χ0) is 17.8. The monoisotopic (exact) mass is 371 g/mol. The van der Waals surface area contributed by atoms with Crippen LogP contribution in [-0.2, 0) is 12.3 Å². The second-order valence-corrected chi connectivity index (χ2v) is 7.28. The van der Waals surface area contributed by atoms with Gasteiger partial charge in [0, 0.05) is 12.5 Å². The van der Waals surface area contributed by atoms with Gasteiger partial charge in [-0.15, -0.1) is 27.0 Å². The SMILES string of the molecule is C=CCn1c(SCc2nnc(-c3ccco3)o2)nnc1C1CCCCC1. The zero-order valence-corrected chi connectivity index (χ0v) is 15.3. The average Bonchev–Trinajstić information content (AvgIpc) is 3.42. The number of furan rings is 1. The fourth-order valence-corrected chi connectivity index (χ4v) is 4.10. The van der Waals surface area contributed by atoms with Crippen molar-refractivity contribution in [1.82, 2.24) is 25.0 Å². The maximum absolute atomic E-state index is 5.66. The van der Waals surface area contributed by atoms with Crippen LogP contribution in [0, 0.1) is 0 Å². The summed E-state index contributed by atoms with van der Waals surface area (Å²) in [4.78, 5) is 0. The average molecular weight is 371 g/mol. The molecule has 0 N–H and O–H groups in total. The molecule has 3 aromatic rings. The van der Waals surface area contributed by atoms with Gasteiger partial charge in [-0.1, -0.05) is 37.1 Å². The molecule has 1 aliphatic carbocycles. The van der Waals surface area contributed by atoms with E-state index in [0.717, 1.165) is 11.0 Å². The first-order valence-corrected chi connectivity index (χ1v) is 9.86. The van der Waals surface area contributed by atoms with E-state index in [-0.39, 0.29) is 0 Å². The van der Waals surface area contributed by atoms with E-state index in [2.05, 4.69) is 31.5 Å². The highest BCUT2D eigenvalue weighted by Gasteiger charge is 2.23. The molecule has 8 heteroatoms. The first-order valence-electron chi connectivity index (χ1n) is 8.88. The largest absolute Gasteiger partial charge is 0.459 e. The lowest BCUT2D eigenvalue weighted by Crippen LogP contribution is -2.12. The normalized spacial score (nSPS) is 15.4. The van der Waals surface area contributed by atoms with E-state index in [9.17, 15) is 0 Å². The Bertz CT molecular complexity index is 849. The third-order valence-electron chi connectivity index (χ3n) is 4.55. The van der Waals surface area contributed by atoms with Crippen LogP contribution in [-0.4, -0.2) is 25.0 Å². The highest BCUT2D eigenvalue weighted by molar-refractivity contribution is 7.98. The van der Waals surface area contributed by atoms with E-state index >= 15 is 0 Å². The Morgan fingerprint density at radius 1 is 1.19 bits per heavy atom. The third-order valence-corrected chi connectivity index (χ3v) is 5.50. The van der Waals surface area contributed by atoms with Crippen LogP contribution in [0.4, 0.5) is 0 Å². The summed E-state index contributed by atoms with van der Waals surface area (Å²) in [5.74, 6) is 3.61. The fourth-order valence-electron chi connectivity index (χ4n) is 3.31. The first-order chi connectivity index (χ1) is 12.8. The molecule has 0 spiro atoms. The Hall–Kier alpha value is -2.35. The molecular weight excluding hydrogens is 350 g/mol. The van der Waals surface area contributed by atoms with Gasteiger partial charge < -0.3 is 13.4 Å². The fraction of sp³-hybridized carbons (Fsp3) is 0.444. The minimum atomic E-state index is 0.390. The molecular formula is C18H21N5O2S. The van der Waals surface area contributed by atoms with Crippen molar-refractivity contribution in [3.63, 3.8) is 0 Å². The van der Waals surface area contributed by atoms with Crippen LogP contribution in [0.1, 0.15) is 49.7 Å². The van der Waals surface area contributed by atoms with Crippen LogP contribution >= 0.6 is 11.8 Å². The molecule has 0 aliphatic heterocycles. The second-order valence-electron chi connectivity index (χ2n) is 6.34. The summed E-state index contributed by atoms with van der Waals surface area (Å²) in [5, 5.41) is 17.9. The predicted molar refractivity (Wildman–Crippen MR) is 97.6 cm³/mol. The third kappa shape index (κ3) is 3.60. The second kappa shape index (κ2) is 7.90.